The summed E-state index contributed by atoms with van der Waals surface area (Å²) < 4.78 is 7.29. The number of piperidine rings is 1. The quantitative estimate of drug-likeness (QED) is 0.890. The lowest BCUT2D eigenvalue weighted by Crippen LogP contribution is -2.34. The molecule has 0 unspecified atom stereocenters. The molecular formula is C17H23N3O2. The summed E-state index contributed by atoms with van der Waals surface area (Å²) in [6.45, 7) is 3.34. The largest absolute Gasteiger partial charge is 0.383 e. The molecule has 0 atom stereocenters. The van der Waals surface area contributed by atoms with Gasteiger partial charge in [0.1, 0.15) is 0 Å². The fraction of sp³-hybridized carbons (Fsp3) is 0.471. The first-order valence-electron chi connectivity index (χ1n) is 7.87. The van der Waals surface area contributed by atoms with Crippen molar-refractivity contribution in [1.29, 1.82) is 0 Å². The Kier molecular flexibility index (Phi) is 4.75. The molecule has 1 aliphatic rings. The van der Waals surface area contributed by atoms with Crippen molar-refractivity contribution >= 4 is 22.5 Å². The maximum atomic E-state index is 12.3. The minimum Gasteiger partial charge on any atom is -0.383 e. The molecule has 1 aromatic heterocycles. The summed E-state index contributed by atoms with van der Waals surface area (Å²) in [4.78, 5) is 12.3. The van der Waals surface area contributed by atoms with Crippen LogP contribution in [0.25, 0.3) is 10.9 Å². The van der Waals surface area contributed by atoms with Crippen molar-refractivity contribution in [3.05, 3.63) is 30.5 Å². The molecule has 1 aliphatic heterocycles. The summed E-state index contributed by atoms with van der Waals surface area (Å²) in [5.41, 5.74) is 1.99. The molecule has 2 heterocycles. The number of nitrogens with one attached hydrogen (secondary N) is 2. The molecule has 0 radical (unpaired) electrons. The fourth-order valence-electron chi connectivity index (χ4n) is 2.97. The van der Waals surface area contributed by atoms with E-state index in [1.54, 1.807) is 7.11 Å². The first kappa shape index (κ1) is 15.1. The lowest BCUT2D eigenvalue weighted by atomic mass is 9.97. The zero-order valence-corrected chi connectivity index (χ0v) is 13.0. The lowest BCUT2D eigenvalue weighted by Gasteiger charge is -2.21. The van der Waals surface area contributed by atoms with E-state index in [1.165, 1.54) is 5.39 Å². The highest BCUT2D eigenvalue weighted by molar-refractivity contribution is 5.95. The van der Waals surface area contributed by atoms with Crippen LogP contribution in [0, 0.1) is 5.92 Å². The topological polar surface area (TPSA) is 55.3 Å². The molecule has 22 heavy (non-hydrogen) atoms. The van der Waals surface area contributed by atoms with E-state index in [4.69, 9.17) is 4.74 Å². The fourth-order valence-corrected chi connectivity index (χ4v) is 2.97. The van der Waals surface area contributed by atoms with Crippen molar-refractivity contribution in [1.82, 2.24) is 9.88 Å². The van der Waals surface area contributed by atoms with Gasteiger partial charge in [-0.1, -0.05) is 6.07 Å². The summed E-state index contributed by atoms with van der Waals surface area (Å²) in [5, 5.41) is 7.53. The van der Waals surface area contributed by atoms with Crippen LogP contribution < -0.4 is 10.6 Å². The van der Waals surface area contributed by atoms with E-state index >= 15 is 0 Å². The van der Waals surface area contributed by atoms with Crippen LogP contribution in [0.3, 0.4) is 0 Å². The Labute approximate surface area is 130 Å². The predicted octanol–water partition coefficient (Wildman–Crippen LogP) is 2.23. The maximum absolute atomic E-state index is 12.3. The highest BCUT2D eigenvalue weighted by Crippen LogP contribution is 2.22. The van der Waals surface area contributed by atoms with Crippen LogP contribution >= 0.6 is 0 Å². The zero-order valence-electron chi connectivity index (χ0n) is 13.0. The van der Waals surface area contributed by atoms with Crippen molar-refractivity contribution in [2.75, 3.05) is 32.1 Å². The van der Waals surface area contributed by atoms with Crippen molar-refractivity contribution < 1.29 is 9.53 Å². The third-order valence-electron chi connectivity index (χ3n) is 4.29. The minimum atomic E-state index is 0.122. The van der Waals surface area contributed by atoms with E-state index in [0.717, 1.165) is 43.7 Å². The van der Waals surface area contributed by atoms with Crippen molar-refractivity contribution in [3.8, 4) is 0 Å². The highest BCUT2D eigenvalue weighted by atomic mass is 16.5. The zero-order chi connectivity index (χ0) is 15.4. The smallest absolute Gasteiger partial charge is 0.227 e. The summed E-state index contributed by atoms with van der Waals surface area (Å²) in [6, 6.07) is 8.16. The molecule has 3 rings (SSSR count). The normalized spacial score (nSPS) is 16.0. The van der Waals surface area contributed by atoms with Crippen LogP contribution in [0.1, 0.15) is 12.8 Å². The number of hydrogen-bond acceptors (Lipinski definition) is 3. The van der Waals surface area contributed by atoms with Gasteiger partial charge in [0, 0.05) is 31.5 Å². The molecule has 1 amide bonds. The van der Waals surface area contributed by atoms with Gasteiger partial charge in [0.2, 0.25) is 5.91 Å². The summed E-state index contributed by atoms with van der Waals surface area (Å²) in [5.74, 6) is 0.257. The monoisotopic (exact) mass is 301 g/mol. The van der Waals surface area contributed by atoms with Gasteiger partial charge < -0.3 is 19.9 Å². The van der Waals surface area contributed by atoms with Gasteiger partial charge in [-0.15, -0.1) is 0 Å². The SMILES string of the molecule is COCCn1ccc2ccc(NC(=O)C3CCNCC3)cc21. The Hall–Kier alpha value is -1.85. The number of nitrogens with zero attached hydrogens (tertiary/aromatic N) is 1. The molecule has 118 valence electrons. The van der Waals surface area contributed by atoms with Gasteiger partial charge in [0.15, 0.2) is 0 Å². The number of aromatic nitrogens is 1. The van der Waals surface area contributed by atoms with E-state index in [2.05, 4.69) is 33.5 Å². The second-order valence-electron chi connectivity index (χ2n) is 5.79. The molecule has 2 N–H and O–H groups in total. The number of carbonyl (C=O) groups excluding carboxylic acids is 1. The molecule has 0 spiro atoms. The Morgan fingerprint density at radius 2 is 2.18 bits per heavy atom. The first-order chi connectivity index (χ1) is 10.8. The van der Waals surface area contributed by atoms with Crippen LogP contribution in [0.4, 0.5) is 5.69 Å². The second kappa shape index (κ2) is 6.94. The molecule has 5 nitrogen and oxygen atoms in total. The Morgan fingerprint density at radius 3 is 2.95 bits per heavy atom. The highest BCUT2D eigenvalue weighted by Gasteiger charge is 2.20. The summed E-state index contributed by atoms with van der Waals surface area (Å²) in [7, 11) is 1.70. The van der Waals surface area contributed by atoms with Crippen LogP contribution in [0.2, 0.25) is 0 Å². The van der Waals surface area contributed by atoms with Gasteiger partial charge >= 0.3 is 0 Å². The molecule has 1 fully saturated rings. The Morgan fingerprint density at radius 1 is 1.36 bits per heavy atom. The third-order valence-corrected chi connectivity index (χ3v) is 4.29. The van der Waals surface area contributed by atoms with E-state index in [0.29, 0.717) is 6.61 Å². The Bertz CT molecular complexity index is 644. The van der Waals surface area contributed by atoms with Crippen molar-refractivity contribution in [2.24, 2.45) is 5.92 Å². The second-order valence-corrected chi connectivity index (χ2v) is 5.79. The van der Waals surface area contributed by atoms with Gasteiger partial charge in [0.05, 0.1) is 12.1 Å². The Balaban J connectivity index is 1.74. The number of ether oxygens (including phenoxy) is 1. The first-order valence-corrected chi connectivity index (χ1v) is 7.87. The van der Waals surface area contributed by atoms with Gasteiger partial charge in [-0.3, -0.25) is 4.79 Å². The third kappa shape index (κ3) is 3.31. The summed E-state index contributed by atoms with van der Waals surface area (Å²) >= 11 is 0. The molecule has 0 aliphatic carbocycles. The van der Waals surface area contributed by atoms with Crippen LogP contribution in [0.15, 0.2) is 30.5 Å². The van der Waals surface area contributed by atoms with E-state index < -0.39 is 0 Å². The van der Waals surface area contributed by atoms with Gasteiger partial charge in [-0.2, -0.15) is 0 Å². The standard InChI is InChI=1S/C17H23N3O2/c1-22-11-10-20-9-6-13-2-3-15(12-16(13)20)19-17(21)14-4-7-18-8-5-14/h2-3,6,9,12,14,18H,4-5,7-8,10-11H2,1H3,(H,19,21). The molecule has 1 saturated heterocycles. The lowest BCUT2D eigenvalue weighted by molar-refractivity contribution is -0.120. The number of carbonyl (C=O) groups is 1. The predicted molar refractivity (Wildman–Crippen MR) is 88.0 cm³/mol. The number of hydrogen-bond donors (Lipinski definition) is 2. The minimum absolute atomic E-state index is 0.122. The number of rotatable bonds is 5. The average Bonchev–Trinajstić information content (AvgIpc) is 2.96. The van der Waals surface area contributed by atoms with Gasteiger partial charge in [0.25, 0.3) is 0 Å². The average molecular weight is 301 g/mol. The van der Waals surface area contributed by atoms with Crippen molar-refractivity contribution in [3.63, 3.8) is 0 Å². The number of benzene rings is 1. The van der Waals surface area contributed by atoms with E-state index in [-0.39, 0.29) is 11.8 Å². The molecular weight excluding hydrogens is 278 g/mol. The number of amides is 1. The molecule has 1 aromatic carbocycles. The molecule has 0 bridgehead atoms. The van der Waals surface area contributed by atoms with Gasteiger partial charge in [-0.05, 0) is 49.5 Å². The van der Waals surface area contributed by atoms with Crippen LogP contribution in [-0.4, -0.2) is 37.3 Å². The molecule has 5 heteroatoms. The van der Waals surface area contributed by atoms with Crippen LogP contribution in [-0.2, 0) is 16.1 Å². The van der Waals surface area contributed by atoms with E-state index in [9.17, 15) is 4.79 Å². The number of anilines is 1. The van der Waals surface area contributed by atoms with Crippen LogP contribution in [0.5, 0.6) is 0 Å². The van der Waals surface area contributed by atoms with Crippen molar-refractivity contribution in [2.45, 2.75) is 19.4 Å². The maximum Gasteiger partial charge on any atom is 0.227 e. The van der Waals surface area contributed by atoms with Gasteiger partial charge in [-0.25, -0.2) is 0 Å². The molecule has 0 saturated carbocycles. The molecule has 2 aromatic rings. The number of methoxy groups -OCH3 is 1. The summed E-state index contributed by atoms with van der Waals surface area (Å²) in [6.07, 6.45) is 3.89. The van der Waals surface area contributed by atoms with E-state index in [1.807, 2.05) is 12.1 Å². The number of fused-ring (bicyclic) bond motifs is 1.